The Morgan fingerprint density at radius 3 is 2.38 bits per heavy atom. The van der Waals surface area contributed by atoms with E-state index in [1.54, 1.807) is 0 Å². The fraction of sp³-hybridized carbons (Fsp3) is 0.778. The van der Waals surface area contributed by atoms with Gasteiger partial charge in [-0.25, -0.2) is 0 Å². The summed E-state index contributed by atoms with van der Waals surface area (Å²) in [4.78, 5) is 0. The van der Waals surface area contributed by atoms with Crippen LogP contribution < -0.4 is 0 Å². The fourth-order valence-electron chi connectivity index (χ4n) is 0.664. The molecule has 0 radical (unpaired) electrons. The zero-order valence-electron chi connectivity index (χ0n) is 8.82. The van der Waals surface area contributed by atoms with Crippen molar-refractivity contribution in [3.05, 3.63) is 12.1 Å². The van der Waals surface area contributed by atoms with E-state index in [2.05, 4.69) is 0 Å². The van der Waals surface area contributed by atoms with E-state index in [9.17, 15) is 5.02 Å². The van der Waals surface area contributed by atoms with Crippen molar-refractivity contribution in [3.8, 4) is 0 Å². The first-order chi connectivity index (χ1) is 5.90. The average Bonchev–Trinajstić information content (AvgIpc) is 1.99. The summed E-state index contributed by atoms with van der Waals surface area (Å²) >= 11 is 0. The second-order valence-corrected chi connectivity index (χ2v) is 3.88. The summed E-state index contributed by atoms with van der Waals surface area (Å²) in [5.41, 5.74) is -0.362. The van der Waals surface area contributed by atoms with Crippen molar-refractivity contribution in [1.29, 1.82) is 0 Å². The lowest BCUT2D eigenvalue weighted by Gasteiger charge is -2.30. The van der Waals surface area contributed by atoms with Crippen LogP contribution in [-0.2, 0) is 4.65 Å². The summed E-state index contributed by atoms with van der Waals surface area (Å²) in [5.74, 6) is 1.76. The largest absolute Gasteiger partial charge is 0.483 e. The number of hydrogen-bond donors (Lipinski definition) is 2. The zero-order chi connectivity index (χ0) is 10.5. The quantitative estimate of drug-likeness (QED) is 0.630. The number of rotatable bonds is 5. The Kier molecular flexibility index (Phi) is 5.29. The molecule has 13 heavy (non-hydrogen) atoms. The molecule has 0 heterocycles. The maximum atomic E-state index is 9.34. The molecule has 0 fully saturated rings. The van der Waals surface area contributed by atoms with Crippen LogP contribution >= 0.6 is 0 Å². The SMILES string of the molecule is CC(C)C(C)(C)OB(O)/C=C/CO. The molecule has 0 aliphatic rings. The Morgan fingerprint density at radius 1 is 1.46 bits per heavy atom. The Morgan fingerprint density at radius 2 is 2.00 bits per heavy atom. The molecule has 0 unspecified atom stereocenters. The Hall–Kier alpha value is -0.315. The topological polar surface area (TPSA) is 49.7 Å². The van der Waals surface area contributed by atoms with Gasteiger partial charge < -0.3 is 14.8 Å². The van der Waals surface area contributed by atoms with Crippen LogP contribution in [-0.4, -0.2) is 29.5 Å². The lowest BCUT2D eigenvalue weighted by molar-refractivity contribution is 0.0418. The van der Waals surface area contributed by atoms with Gasteiger partial charge in [0.25, 0.3) is 0 Å². The Bertz CT molecular complexity index is 166. The van der Waals surface area contributed by atoms with E-state index in [1.165, 1.54) is 12.1 Å². The van der Waals surface area contributed by atoms with Crippen molar-refractivity contribution < 1.29 is 14.8 Å². The third kappa shape index (κ3) is 5.08. The fourth-order valence-corrected chi connectivity index (χ4v) is 0.664. The first-order valence-corrected chi connectivity index (χ1v) is 4.53. The monoisotopic (exact) mass is 186 g/mol. The van der Waals surface area contributed by atoms with Gasteiger partial charge in [-0.1, -0.05) is 25.9 Å². The molecule has 76 valence electrons. The minimum atomic E-state index is -0.940. The third-order valence-electron chi connectivity index (χ3n) is 2.22. The molecule has 0 aromatic carbocycles. The van der Waals surface area contributed by atoms with Gasteiger partial charge in [-0.15, -0.1) is 0 Å². The molecule has 0 spiro atoms. The zero-order valence-corrected chi connectivity index (χ0v) is 8.82. The molecule has 0 aromatic rings. The molecule has 2 N–H and O–H groups in total. The lowest BCUT2D eigenvalue weighted by atomic mass is 9.85. The second kappa shape index (κ2) is 5.42. The summed E-state index contributed by atoms with van der Waals surface area (Å²) in [6.07, 6.45) is 1.46. The van der Waals surface area contributed by atoms with Crippen molar-refractivity contribution in [3.63, 3.8) is 0 Å². The van der Waals surface area contributed by atoms with Crippen LogP contribution in [0.15, 0.2) is 12.1 Å². The Labute approximate surface area is 80.6 Å². The van der Waals surface area contributed by atoms with E-state index < -0.39 is 7.12 Å². The molecule has 0 saturated heterocycles. The summed E-state index contributed by atoms with van der Waals surface area (Å²) in [7, 11) is -0.940. The smallest absolute Gasteiger partial charge is 0.423 e. The maximum Gasteiger partial charge on any atom is 0.483 e. The van der Waals surface area contributed by atoms with Crippen molar-refractivity contribution in [2.45, 2.75) is 33.3 Å². The van der Waals surface area contributed by atoms with Gasteiger partial charge in [0.05, 0.1) is 12.2 Å². The normalized spacial score (nSPS) is 12.8. The van der Waals surface area contributed by atoms with Crippen LogP contribution in [0.5, 0.6) is 0 Å². The highest BCUT2D eigenvalue weighted by molar-refractivity contribution is 6.49. The van der Waals surface area contributed by atoms with Crippen LogP contribution in [0.4, 0.5) is 0 Å². The van der Waals surface area contributed by atoms with Crippen LogP contribution in [0.1, 0.15) is 27.7 Å². The molecule has 3 nitrogen and oxygen atoms in total. The molecule has 0 saturated carbocycles. The highest BCUT2D eigenvalue weighted by Gasteiger charge is 2.27. The van der Waals surface area contributed by atoms with Gasteiger partial charge in [0.15, 0.2) is 0 Å². The molecule has 0 aromatic heterocycles. The van der Waals surface area contributed by atoms with E-state index >= 15 is 0 Å². The van der Waals surface area contributed by atoms with E-state index in [1.807, 2.05) is 27.7 Å². The van der Waals surface area contributed by atoms with Gasteiger partial charge in [0, 0.05) is 0 Å². The highest BCUT2D eigenvalue weighted by atomic mass is 16.5. The maximum absolute atomic E-state index is 9.34. The van der Waals surface area contributed by atoms with Crippen molar-refractivity contribution in [2.75, 3.05) is 6.61 Å². The van der Waals surface area contributed by atoms with Crippen molar-refractivity contribution in [1.82, 2.24) is 0 Å². The first kappa shape index (κ1) is 12.7. The molecule has 0 bridgehead atoms. The molecule has 4 heteroatoms. The van der Waals surface area contributed by atoms with E-state index in [-0.39, 0.29) is 12.2 Å². The minimum Gasteiger partial charge on any atom is -0.423 e. The van der Waals surface area contributed by atoms with Crippen molar-refractivity contribution in [2.24, 2.45) is 5.92 Å². The number of aliphatic hydroxyl groups excluding tert-OH is 1. The predicted molar refractivity (Wildman–Crippen MR) is 54.2 cm³/mol. The summed E-state index contributed by atoms with van der Waals surface area (Å²) in [6.45, 7) is 7.83. The molecular weight excluding hydrogens is 167 g/mol. The van der Waals surface area contributed by atoms with E-state index in [4.69, 9.17) is 9.76 Å². The van der Waals surface area contributed by atoms with Crippen LogP contribution in [0.2, 0.25) is 0 Å². The number of aliphatic hydroxyl groups is 1. The average molecular weight is 186 g/mol. The van der Waals surface area contributed by atoms with Gasteiger partial charge in [0.2, 0.25) is 0 Å². The molecule has 0 aliphatic carbocycles. The third-order valence-corrected chi connectivity index (χ3v) is 2.22. The van der Waals surface area contributed by atoms with Gasteiger partial charge in [-0.05, 0) is 19.8 Å². The van der Waals surface area contributed by atoms with E-state index in [0.29, 0.717) is 5.92 Å². The van der Waals surface area contributed by atoms with Crippen LogP contribution in [0, 0.1) is 5.92 Å². The van der Waals surface area contributed by atoms with E-state index in [0.717, 1.165) is 0 Å². The number of hydrogen-bond acceptors (Lipinski definition) is 3. The Balaban J connectivity index is 4.03. The van der Waals surface area contributed by atoms with Crippen molar-refractivity contribution >= 4 is 7.12 Å². The summed E-state index contributed by atoms with van der Waals surface area (Å²) < 4.78 is 5.36. The molecule has 0 rings (SSSR count). The summed E-state index contributed by atoms with van der Waals surface area (Å²) in [5, 5.41) is 17.8. The predicted octanol–water partition coefficient (Wildman–Crippen LogP) is 1.01. The summed E-state index contributed by atoms with van der Waals surface area (Å²) in [6, 6.07) is 0. The molecule has 0 aliphatic heterocycles. The van der Waals surface area contributed by atoms with Gasteiger partial charge in [0.1, 0.15) is 0 Å². The second-order valence-electron chi connectivity index (χ2n) is 3.88. The van der Waals surface area contributed by atoms with Gasteiger partial charge >= 0.3 is 7.12 Å². The molecular formula is C9H19BO3. The van der Waals surface area contributed by atoms with Gasteiger partial charge in [-0.2, -0.15) is 0 Å². The first-order valence-electron chi connectivity index (χ1n) is 4.53. The van der Waals surface area contributed by atoms with Crippen LogP contribution in [0.3, 0.4) is 0 Å². The van der Waals surface area contributed by atoms with Crippen LogP contribution in [0.25, 0.3) is 0 Å². The lowest BCUT2D eigenvalue weighted by Crippen LogP contribution is -2.37. The van der Waals surface area contributed by atoms with Gasteiger partial charge in [-0.3, -0.25) is 0 Å². The molecule has 0 amide bonds. The highest BCUT2D eigenvalue weighted by Crippen LogP contribution is 2.20. The standard InChI is InChI=1S/C9H19BO3/c1-8(2)9(3,4)13-10(12)6-5-7-11/h5-6,8,11-12H,7H2,1-4H3/b6-5+. The minimum absolute atomic E-state index is 0.0808. The molecule has 0 atom stereocenters.